The normalized spacial score (nSPS) is 18.8. The molecule has 1 aromatic heterocycles. The maximum absolute atomic E-state index is 9.17. The highest BCUT2D eigenvalue weighted by atomic mass is 16.3. The minimum atomic E-state index is 0.144. The molecule has 2 aliphatic rings. The molecule has 6 heteroatoms. The Hall–Kier alpha value is -1.40. The summed E-state index contributed by atoms with van der Waals surface area (Å²) < 4.78 is 0. The van der Waals surface area contributed by atoms with E-state index in [0.29, 0.717) is 24.3 Å². The van der Waals surface area contributed by atoms with Gasteiger partial charge < -0.3 is 15.4 Å². The highest BCUT2D eigenvalue weighted by molar-refractivity contribution is 5.51. The average molecular weight is 249 g/mol. The summed E-state index contributed by atoms with van der Waals surface area (Å²) in [4.78, 5) is 11.2. The van der Waals surface area contributed by atoms with Crippen molar-refractivity contribution in [3.63, 3.8) is 0 Å². The highest BCUT2D eigenvalue weighted by Gasteiger charge is 2.32. The van der Waals surface area contributed by atoms with Crippen LogP contribution in [-0.4, -0.2) is 34.3 Å². The van der Waals surface area contributed by atoms with Crippen molar-refractivity contribution in [1.29, 1.82) is 0 Å². The van der Waals surface area contributed by atoms with Crippen LogP contribution in [0.15, 0.2) is 6.07 Å². The quantitative estimate of drug-likeness (QED) is 0.505. The number of nitrogens with two attached hydrogens (primary N) is 1. The summed E-state index contributed by atoms with van der Waals surface area (Å²) in [5, 5.41) is 9.17. The molecule has 0 bridgehead atoms. The third kappa shape index (κ3) is 2.39. The number of aliphatic hydroxyl groups is 1. The molecule has 2 saturated carbocycles. The van der Waals surface area contributed by atoms with Gasteiger partial charge in [-0.25, -0.2) is 15.8 Å². The van der Waals surface area contributed by atoms with Gasteiger partial charge in [0, 0.05) is 24.6 Å². The zero-order valence-electron chi connectivity index (χ0n) is 10.3. The summed E-state index contributed by atoms with van der Waals surface area (Å²) >= 11 is 0. The lowest BCUT2D eigenvalue weighted by Crippen LogP contribution is -2.30. The van der Waals surface area contributed by atoms with Crippen LogP contribution < -0.4 is 16.2 Å². The fourth-order valence-corrected chi connectivity index (χ4v) is 2.18. The first kappa shape index (κ1) is 11.7. The van der Waals surface area contributed by atoms with E-state index in [1.807, 2.05) is 6.07 Å². The molecule has 0 aliphatic heterocycles. The molecular weight excluding hydrogens is 230 g/mol. The molecule has 0 spiro atoms. The Kier molecular flexibility index (Phi) is 3.05. The van der Waals surface area contributed by atoms with E-state index in [1.54, 1.807) is 0 Å². The van der Waals surface area contributed by atoms with Gasteiger partial charge in [0.1, 0.15) is 17.5 Å². The van der Waals surface area contributed by atoms with Gasteiger partial charge >= 0.3 is 0 Å². The van der Waals surface area contributed by atoms with Crippen molar-refractivity contribution in [3.8, 4) is 0 Å². The minimum Gasteiger partial charge on any atom is -0.395 e. The molecule has 1 heterocycles. The SMILES string of the molecule is NNc1cc(N(CCO)C2CC2)nc(C2CC2)n1. The second-order valence-corrected chi connectivity index (χ2v) is 5.04. The zero-order valence-corrected chi connectivity index (χ0v) is 10.3. The van der Waals surface area contributed by atoms with Gasteiger partial charge in [0.05, 0.1) is 6.61 Å². The van der Waals surface area contributed by atoms with Gasteiger partial charge in [-0.2, -0.15) is 0 Å². The standard InChI is InChI=1S/C12H19N5O/c13-16-10-7-11(15-12(14-10)8-1-2-8)17(5-6-18)9-3-4-9/h7-9,18H,1-6,13H2,(H,14,15,16). The lowest BCUT2D eigenvalue weighted by atomic mass is 10.3. The Bertz CT molecular complexity index is 430. The second-order valence-electron chi connectivity index (χ2n) is 5.04. The number of hydrogen-bond acceptors (Lipinski definition) is 6. The van der Waals surface area contributed by atoms with Crippen molar-refractivity contribution in [1.82, 2.24) is 9.97 Å². The second kappa shape index (κ2) is 4.70. The molecule has 2 fully saturated rings. The number of hydrazine groups is 1. The smallest absolute Gasteiger partial charge is 0.145 e. The Balaban J connectivity index is 1.90. The summed E-state index contributed by atoms with van der Waals surface area (Å²) in [6.07, 6.45) is 4.68. The molecule has 0 amide bonds. The van der Waals surface area contributed by atoms with Crippen molar-refractivity contribution in [2.24, 2.45) is 5.84 Å². The first-order chi connectivity index (χ1) is 8.81. The maximum atomic E-state index is 9.17. The molecule has 98 valence electrons. The molecule has 2 aliphatic carbocycles. The van der Waals surface area contributed by atoms with Crippen molar-refractivity contribution >= 4 is 11.6 Å². The Morgan fingerprint density at radius 3 is 2.67 bits per heavy atom. The number of aromatic nitrogens is 2. The molecule has 18 heavy (non-hydrogen) atoms. The third-order valence-electron chi connectivity index (χ3n) is 3.44. The number of aliphatic hydroxyl groups excluding tert-OH is 1. The van der Waals surface area contributed by atoms with E-state index in [-0.39, 0.29) is 6.61 Å². The first-order valence-corrected chi connectivity index (χ1v) is 6.55. The van der Waals surface area contributed by atoms with Crippen LogP contribution in [0.4, 0.5) is 11.6 Å². The Labute approximate surface area is 106 Å². The molecule has 0 saturated heterocycles. The van der Waals surface area contributed by atoms with E-state index in [1.165, 1.54) is 12.8 Å². The average Bonchev–Trinajstić information content (AvgIpc) is 3.27. The van der Waals surface area contributed by atoms with Crippen LogP contribution >= 0.6 is 0 Å². The molecule has 4 N–H and O–H groups in total. The number of hydrogen-bond donors (Lipinski definition) is 3. The summed E-state index contributed by atoms with van der Waals surface area (Å²) in [7, 11) is 0. The number of nitrogens with zero attached hydrogens (tertiary/aromatic N) is 3. The summed E-state index contributed by atoms with van der Waals surface area (Å²) in [5.41, 5.74) is 2.61. The van der Waals surface area contributed by atoms with E-state index < -0.39 is 0 Å². The van der Waals surface area contributed by atoms with E-state index in [4.69, 9.17) is 10.9 Å². The fourth-order valence-electron chi connectivity index (χ4n) is 2.18. The van der Waals surface area contributed by atoms with Crippen molar-refractivity contribution in [2.75, 3.05) is 23.5 Å². The van der Waals surface area contributed by atoms with Crippen molar-refractivity contribution in [2.45, 2.75) is 37.6 Å². The van der Waals surface area contributed by atoms with Crippen LogP contribution in [0.5, 0.6) is 0 Å². The molecule has 0 atom stereocenters. The van der Waals surface area contributed by atoms with Gasteiger partial charge in [-0.3, -0.25) is 0 Å². The largest absolute Gasteiger partial charge is 0.395 e. The molecule has 3 rings (SSSR count). The predicted molar refractivity (Wildman–Crippen MR) is 69.3 cm³/mol. The lowest BCUT2D eigenvalue weighted by Gasteiger charge is -2.23. The summed E-state index contributed by atoms with van der Waals surface area (Å²) in [6, 6.07) is 2.38. The van der Waals surface area contributed by atoms with Crippen LogP contribution in [0.1, 0.15) is 37.4 Å². The van der Waals surface area contributed by atoms with Crippen molar-refractivity contribution < 1.29 is 5.11 Å². The Morgan fingerprint density at radius 2 is 2.11 bits per heavy atom. The van der Waals surface area contributed by atoms with Crippen LogP contribution in [0.3, 0.4) is 0 Å². The minimum absolute atomic E-state index is 0.144. The number of nitrogen functional groups attached to an aromatic ring is 1. The molecular formula is C12H19N5O. The highest BCUT2D eigenvalue weighted by Crippen LogP contribution is 2.40. The van der Waals surface area contributed by atoms with E-state index in [9.17, 15) is 0 Å². The van der Waals surface area contributed by atoms with E-state index in [2.05, 4.69) is 20.3 Å². The van der Waals surface area contributed by atoms with Crippen LogP contribution in [-0.2, 0) is 0 Å². The number of nitrogens with one attached hydrogen (secondary N) is 1. The molecule has 0 unspecified atom stereocenters. The first-order valence-electron chi connectivity index (χ1n) is 6.55. The van der Waals surface area contributed by atoms with Gasteiger partial charge in [-0.1, -0.05) is 0 Å². The van der Waals surface area contributed by atoms with Crippen LogP contribution in [0, 0.1) is 0 Å². The predicted octanol–water partition coefficient (Wildman–Crippen LogP) is 0.601. The molecule has 1 aromatic rings. The monoisotopic (exact) mass is 249 g/mol. The number of anilines is 2. The van der Waals surface area contributed by atoms with Crippen LogP contribution in [0.25, 0.3) is 0 Å². The van der Waals surface area contributed by atoms with Gasteiger partial charge in [-0.15, -0.1) is 0 Å². The van der Waals surface area contributed by atoms with Gasteiger partial charge in [0.15, 0.2) is 0 Å². The van der Waals surface area contributed by atoms with Crippen LogP contribution in [0.2, 0.25) is 0 Å². The van der Waals surface area contributed by atoms with Crippen molar-refractivity contribution in [3.05, 3.63) is 11.9 Å². The topological polar surface area (TPSA) is 87.3 Å². The third-order valence-corrected chi connectivity index (χ3v) is 3.44. The van der Waals surface area contributed by atoms with E-state index in [0.717, 1.165) is 24.5 Å². The molecule has 0 radical (unpaired) electrons. The summed E-state index contributed by atoms with van der Waals surface area (Å²) in [6.45, 7) is 0.764. The zero-order chi connectivity index (χ0) is 12.5. The summed E-state index contributed by atoms with van der Waals surface area (Å²) in [5.74, 6) is 8.38. The molecule has 6 nitrogen and oxygen atoms in total. The fraction of sp³-hybridized carbons (Fsp3) is 0.667. The van der Waals surface area contributed by atoms with Gasteiger partial charge in [0.2, 0.25) is 0 Å². The maximum Gasteiger partial charge on any atom is 0.145 e. The lowest BCUT2D eigenvalue weighted by molar-refractivity contribution is 0.301. The number of rotatable bonds is 6. The Morgan fingerprint density at radius 1 is 1.33 bits per heavy atom. The molecule has 0 aromatic carbocycles. The van der Waals surface area contributed by atoms with Gasteiger partial charge in [0.25, 0.3) is 0 Å². The van der Waals surface area contributed by atoms with Gasteiger partial charge in [-0.05, 0) is 25.7 Å². The van der Waals surface area contributed by atoms with E-state index >= 15 is 0 Å².